The first kappa shape index (κ1) is 58.8. The van der Waals surface area contributed by atoms with Crippen LogP contribution in [0.15, 0.2) is 102 Å². The minimum absolute atomic E-state index is 0. The molecule has 0 aliphatic heterocycles. The van der Waals surface area contributed by atoms with Crippen molar-refractivity contribution in [2.75, 3.05) is 29.1 Å². The van der Waals surface area contributed by atoms with Gasteiger partial charge in [0, 0.05) is 11.3 Å². The number of nitrogen functional groups attached to an aromatic ring is 2. The number of carbonyl (C=O) groups excluding carboxylic acids is 1. The molecule has 0 saturated carbocycles. The average Bonchev–Trinajstić information content (AvgIpc) is 3.13. The average molecular weight is 1000 g/mol. The van der Waals surface area contributed by atoms with Crippen molar-refractivity contribution in [3.63, 3.8) is 0 Å². The van der Waals surface area contributed by atoms with Crippen LogP contribution in [0.3, 0.4) is 0 Å². The Morgan fingerprint density at radius 3 is 1.95 bits per heavy atom. The Morgan fingerprint density at radius 2 is 1.40 bits per heavy atom. The van der Waals surface area contributed by atoms with Gasteiger partial charge < -0.3 is 36.2 Å². The molecule has 3 aromatic carbocycles. The van der Waals surface area contributed by atoms with Crippen LogP contribution in [0.25, 0.3) is 5.95 Å². The van der Waals surface area contributed by atoms with Crippen LogP contribution in [0, 0.1) is 6.07 Å². The molecule has 2 aromatic heterocycles. The first-order chi connectivity index (χ1) is 27.4. The number of primary amides is 1. The van der Waals surface area contributed by atoms with Crippen molar-refractivity contribution >= 4 is 104 Å². The Bertz CT molecular complexity index is 3010. The first-order valence-electron chi connectivity index (χ1n) is 15.4. The summed E-state index contributed by atoms with van der Waals surface area (Å²) >= 11 is 6.08. The zero-order chi connectivity index (χ0) is 43.5. The zero-order valence-corrected chi connectivity index (χ0v) is 44.9. The van der Waals surface area contributed by atoms with Gasteiger partial charge in [0.05, 0.1) is 45.9 Å². The van der Waals surface area contributed by atoms with E-state index >= 15 is 0 Å². The van der Waals surface area contributed by atoms with Gasteiger partial charge in [0.1, 0.15) is 47.1 Å². The summed E-state index contributed by atoms with van der Waals surface area (Å²) in [6.45, 7) is -0.961. The van der Waals surface area contributed by atoms with Crippen LogP contribution in [-0.4, -0.2) is 80.5 Å². The molecule has 7 N–H and O–H groups in total. The van der Waals surface area contributed by atoms with Crippen LogP contribution in [0.1, 0.15) is 10.4 Å². The second kappa shape index (κ2) is 24.0. The number of hydrogen-bond acceptors (Lipinski definition) is 23. The molecule has 1 amide bonds. The van der Waals surface area contributed by atoms with Crippen molar-refractivity contribution in [1.29, 1.82) is 0 Å². The second-order valence-electron chi connectivity index (χ2n) is 11.2. The van der Waals surface area contributed by atoms with E-state index in [9.17, 15) is 52.1 Å². The van der Waals surface area contributed by atoms with E-state index in [1.54, 1.807) is 0 Å². The minimum atomic E-state index is -5.39. The van der Waals surface area contributed by atoms with E-state index in [1.807, 2.05) is 0 Å². The first-order valence-corrected chi connectivity index (χ1v) is 21.6. The Kier molecular flexibility index (Phi) is 22.4. The molecular formula is C29H22ClN12Na4O13S4+. The molecule has 0 bridgehead atoms. The van der Waals surface area contributed by atoms with Gasteiger partial charge in [-0.05, 0) is 68.5 Å². The van der Waals surface area contributed by atoms with Gasteiger partial charge in [-0.1, -0.05) is 0 Å². The van der Waals surface area contributed by atoms with Crippen molar-refractivity contribution in [3.05, 3.63) is 83.9 Å². The minimum Gasteiger partial charge on any atom is -0.744 e. The number of benzene rings is 3. The fraction of sp³-hybridized carbons (Fsp3) is 0.0690. The number of anilines is 4. The Morgan fingerprint density at radius 1 is 0.778 bits per heavy atom. The molecule has 2 heterocycles. The third-order valence-electron chi connectivity index (χ3n) is 7.24. The number of azo groups is 2. The number of amides is 1. The molecule has 25 nitrogen and oxygen atoms in total. The molecule has 5 rings (SSSR count). The SMILES string of the molecule is NC(=O)c1cc[n+](-c2nc(Cl)nc(Nc3ccc(S(=O)(=O)[O-])c(N=Nc4cc(S(=O)(=O)[O-])c(N)c(N=Nc5[c-]cc(S(=O)(=O)CCOS(=O)(=O)[O-])cc5)c4N)c3)n2)cc1.[Na+].[Na+].[Na+].[Na+]. The quantitative estimate of drug-likeness (QED) is 0.0144. The molecule has 0 aliphatic carbocycles. The maximum Gasteiger partial charge on any atom is 1.00 e. The summed E-state index contributed by atoms with van der Waals surface area (Å²) in [5, 5.41) is 17.5. The Hall–Kier alpha value is -2.18. The second-order valence-corrected chi connectivity index (χ2v) is 17.4. The molecule has 0 fully saturated rings. The van der Waals surface area contributed by atoms with Gasteiger partial charge in [0.2, 0.25) is 16.3 Å². The summed E-state index contributed by atoms with van der Waals surface area (Å²) in [6.07, 6.45) is 2.81. The van der Waals surface area contributed by atoms with E-state index < -0.39 is 102 Å². The van der Waals surface area contributed by atoms with Crippen LogP contribution in [0.5, 0.6) is 0 Å². The number of pyridine rings is 1. The van der Waals surface area contributed by atoms with Crippen LogP contribution in [-0.2, 0) is 44.7 Å². The molecule has 310 valence electrons. The molecule has 63 heavy (non-hydrogen) atoms. The number of carbonyl (C=O) groups is 1. The van der Waals surface area contributed by atoms with E-state index in [0.29, 0.717) is 6.07 Å². The van der Waals surface area contributed by atoms with E-state index in [4.69, 9.17) is 28.8 Å². The summed E-state index contributed by atoms with van der Waals surface area (Å²) < 4.78 is 135. The largest absolute Gasteiger partial charge is 1.00 e. The van der Waals surface area contributed by atoms with Crippen molar-refractivity contribution < 1.29 is 179 Å². The fourth-order valence-electron chi connectivity index (χ4n) is 4.54. The number of nitrogens with zero attached hydrogens (tertiary/aromatic N) is 8. The van der Waals surface area contributed by atoms with Gasteiger partial charge in [0.25, 0.3) is 0 Å². The third kappa shape index (κ3) is 16.3. The molecule has 0 aliphatic rings. The van der Waals surface area contributed by atoms with Gasteiger partial charge in [0.15, 0.2) is 0 Å². The molecule has 0 unspecified atom stereocenters. The number of rotatable bonds is 15. The molecule has 0 saturated heterocycles. The zero-order valence-electron chi connectivity index (χ0n) is 32.9. The number of sulfone groups is 1. The van der Waals surface area contributed by atoms with Gasteiger partial charge in [-0.25, -0.2) is 38.2 Å². The monoisotopic (exact) mass is 1000 g/mol. The maximum atomic E-state index is 12.4. The van der Waals surface area contributed by atoms with Crippen molar-refractivity contribution in [3.8, 4) is 5.95 Å². The van der Waals surface area contributed by atoms with Gasteiger partial charge in [-0.2, -0.15) is 28.3 Å². The summed E-state index contributed by atoms with van der Waals surface area (Å²) in [5.41, 5.74) is 14.0. The number of aromatic nitrogens is 4. The van der Waals surface area contributed by atoms with Crippen LogP contribution in [0.4, 0.5) is 45.8 Å². The summed E-state index contributed by atoms with van der Waals surface area (Å²) in [4.78, 5) is 21.1. The fourth-order valence-corrected chi connectivity index (χ4v) is 7.36. The van der Waals surface area contributed by atoms with Crippen molar-refractivity contribution in [1.82, 2.24) is 15.0 Å². The number of nitrogens with one attached hydrogen (secondary N) is 1. The predicted octanol–water partition coefficient (Wildman–Crippen LogP) is -10.5. The van der Waals surface area contributed by atoms with E-state index in [2.05, 4.69) is 51.0 Å². The summed E-state index contributed by atoms with van der Waals surface area (Å²) in [7, 11) is -20.0. The normalized spacial score (nSPS) is 11.8. The molecule has 34 heteroatoms. The smallest absolute Gasteiger partial charge is 0.744 e. The Balaban J connectivity index is 0.00000496. The van der Waals surface area contributed by atoms with Crippen LogP contribution in [0.2, 0.25) is 5.28 Å². The van der Waals surface area contributed by atoms with Gasteiger partial charge in [-0.3, -0.25) is 8.98 Å². The van der Waals surface area contributed by atoms with Crippen LogP contribution < -0.4 is 145 Å². The topological polar surface area (TPSA) is 414 Å². The van der Waals surface area contributed by atoms with Gasteiger partial charge in [-0.15, -0.1) is 21.4 Å². The van der Waals surface area contributed by atoms with E-state index in [0.717, 1.165) is 36.4 Å². The Labute approximate surface area is 451 Å². The summed E-state index contributed by atoms with van der Waals surface area (Å²) in [5.74, 6) is -1.82. The number of hydrogen-bond donors (Lipinski definition) is 4. The van der Waals surface area contributed by atoms with Crippen LogP contribution >= 0.6 is 11.6 Å². The molecule has 0 radical (unpaired) electrons. The van der Waals surface area contributed by atoms with Crippen molar-refractivity contribution in [2.45, 2.75) is 14.7 Å². The summed E-state index contributed by atoms with van der Waals surface area (Å²) in [6, 6.07) is 11.7. The van der Waals surface area contributed by atoms with E-state index in [-0.39, 0.29) is 152 Å². The van der Waals surface area contributed by atoms with E-state index in [1.165, 1.54) is 29.1 Å². The third-order valence-corrected chi connectivity index (χ3v) is 11.3. The molecule has 0 atom stereocenters. The number of nitrogens with two attached hydrogens (primary N) is 3. The molecule has 0 spiro atoms. The standard InChI is InChI=1S/C29H25ClN12O13S4.4Na/c30-27-35-28(37-29(36-27)42-9-7-15(8-10-42)26(33)43)34-17-3-6-21(57(46,47)48)19(13-17)39-40-20-14-22(58(49,50)51)24(32)25(23(20)31)41-38-16-1-4-18(5-2-16)56(44,45)12-11-55-59(52,53)54;;;;/h1,3-10,13-14H,11-12,31-32H2,(H2,33,43)(H,46,47,48)(H,49,50,51)(H,52,53,54)(H,34,35,36,37);;;;/q;4*+1/p-3. The molecule has 5 aromatic rings. The molecular weight excluding hydrogens is 980 g/mol. The maximum absolute atomic E-state index is 12.4. The van der Waals surface area contributed by atoms with Crippen molar-refractivity contribution in [2.24, 2.45) is 26.2 Å². The van der Waals surface area contributed by atoms with Gasteiger partial charge >= 0.3 is 135 Å². The number of halogens is 1. The predicted molar refractivity (Wildman–Crippen MR) is 197 cm³/mol.